The van der Waals surface area contributed by atoms with Crippen molar-refractivity contribution in [1.29, 1.82) is 0 Å². The quantitative estimate of drug-likeness (QED) is 0.902. The zero-order chi connectivity index (χ0) is 10.8. The fraction of sp³-hybridized carbons (Fsp3) is 0.200. The third-order valence-electron chi connectivity index (χ3n) is 2.04. The highest BCUT2D eigenvalue weighted by Crippen LogP contribution is 2.25. The Labute approximate surface area is 95.7 Å². The molecule has 1 N–H and O–H groups in total. The van der Waals surface area contributed by atoms with Crippen LogP contribution in [-0.4, -0.2) is 19.9 Å². The Morgan fingerprint density at radius 1 is 1.47 bits per heavy atom. The molecule has 2 rings (SSSR count). The average Bonchev–Trinajstić information content (AvgIpc) is 2.58. The number of nitrogens with zero attached hydrogens (tertiary/aromatic N) is 3. The SMILES string of the molecule is Cn1cc(Br)c(-c2ccc(CO)nc2)n1. The molecule has 5 heteroatoms. The average molecular weight is 268 g/mol. The number of hydrogen-bond donors (Lipinski definition) is 1. The van der Waals surface area contributed by atoms with Crippen LogP contribution >= 0.6 is 15.9 Å². The standard InChI is InChI=1S/C10H10BrN3O/c1-14-5-9(11)10(13-14)7-2-3-8(6-15)12-4-7/h2-5,15H,6H2,1H3. The number of aliphatic hydroxyl groups is 1. The Morgan fingerprint density at radius 2 is 2.27 bits per heavy atom. The lowest BCUT2D eigenvalue weighted by molar-refractivity contribution is 0.277. The minimum atomic E-state index is -0.0380. The summed E-state index contributed by atoms with van der Waals surface area (Å²) in [5, 5.41) is 13.2. The summed E-state index contributed by atoms with van der Waals surface area (Å²) in [6, 6.07) is 3.68. The first kappa shape index (κ1) is 10.3. The second-order valence-corrected chi connectivity index (χ2v) is 4.05. The highest BCUT2D eigenvalue weighted by atomic mass is 79.9. The summed E-state index contributed by atoms with van der Waals surface area (Å²) < 4.78 is 2.67. The highest BCUT2D eigenvalue weighted by molar-refractivity contribution is 9.10. The first-order valence-corrected chi connectivity index (χ1v) is 5.25. The Balaban J connectivity index is 2.41. The van der Waals surface area contributed by atoms with Gasteiger partial charge in [-0.1, -0.05) is 0 Å². The van der Waals surface area contributed by atoms with Crippen molar-refractivity contribution in [3.63, 3.8) is 0 Å². The van der Waals surface area contributed by atoms with Gasteiger partial charge >= 0.3 is 0 Å². The third kappa shape index (κ3) is 2.08. The molecule has 0 amide bonds. The summed E-state index contributed by atoms with van der Waals surface area (Å²) in [5.74, 6) is 0. The molecule has 0 aliphatic carbocycles. The van der Waals surface area contributed by atoms with E-state index in [9.17, 15) is 0 Å². The molecule has 0 fully saturated rings. The number of rotatable bonds is 2. The zero-order valence-corrected chi connectivity index (χ0v) is 9.77. The molecule has 0 saturated heterocycles. The van der Waals surface area contributed by atoms with Gasteiger partial charge in [-0.2, -0.15) is 5.10 Å². The number of aryl methyl sites for hydroxylation is 1. The molecule has 2 heterocycles. The number of hydrogen-bond acceptors (Lipinski definition) is 3. The van der Waals surface area contributed by atoms with E-state index in [1.54, 1.807) is 16.9 Å². The van der Waals surface area contributed by atoms with Crippen LogP contribution in [0.25, 0.3) is 11.3 Å². The van der Waals surface area contributed by atoms with Gasteiger partial charge in [0, 0.05) is 25.0 Å². The van der Waals surface area contributed by atoms with Gasteiger partial charge in [-0.3, -0.25) is 9.67 Å². The smallest absolute Gasteiger partial charge is 0.108 e. The summed E-state index contributed by atoms with van der Waals surface area (Å²) >= 11 is 3.43. The van der Waals surface area contributed by atoms with E-state index in [-0.39, 0.29) is 6.61 Å². The summed E-state index contributed by atoms with van der Waals surface area (Å²) in [4.78, 5) is 4.10. The van der Waals surface area contributed by atoms with Gasteiger partial charge in [0.25, 0.3) is 0 Å². The first-order chi connectivity index (χ1) is 7.20. The summed E-state index contributed by atoms with van der Waals surface area (Å²) in [6.07, 6.45) is 3.59. The molecular formula is C10H10BrN3O. The van der Waals surface area contributed by atoms with Gasteiger partial charge in [-0.25, -0.2) is 0 Å². The van der Waals surface area contributed by atoms with Crippen LogP contribution in [0.15, 0.2) is 29.0 Å². The molecule has 4 nitrogen and oxygen atoms in total. The number of aromatic nitrogens is 3. The number of pyridine rings is 1. The lowest BCUT2D eigenvalue weighted by Gasteiger charge is -1.98. The topological polar surface area (TPSA) is 50.9 Å². The first-order valence-electron chi connectivity index (χ1n) is 4.46. The van der Waals surface area contributed by atoms with Crippen molar-refractivity contribution in [3.05, 3.63) is 34.7 Å². The second kappa shape index (κ2) is 4.12. The normalized spacial score (nSPS) is 10.6. The lowest BCUT2D eigenvalue weighted by atomic mass is 10.2. The highest BCUT2D eigenvalue weighted by Gasteiger charge is 2.07. The monoisotopic (exact) mass is 267 g/mol. The summed E-state index contributed by atoms with van der Waals surface area (Å²) in [6.45, 7) is -0.0380. The minimum absolute atomic E-state index is 0.0380. The van der Waals surface area contributed by atoms with Crippen molar-refractivity contribution in [2.75, 3.05) is 0 Å². The van der Waals surface area contributed by atoms with Gasteiger partial charge < -0.3 is 5.11 Å². The Kier molecular flexibility index (Phi) is 2.83. The Hall–Kier alpha value is -1.20. The van der Waals surface area contributed by atoms with Crippen molar-refractivity contribution >= 4 is 15.9 Å². The van der Waals surface area contributed by atoms with Crippen molar-refractivity contribution in [2.45, 2.75) is 6.61 Å². The molecule has 0 aliphatic rings. The van der Waals surface area contributed by atoms with E-state index in [2.05, 4.69) is 26.0 Å². The predicted octanol–water partition coefficient (Wildman–Crippen LogP) is 1.74. The van der Waals surface area contributed by atoms with Crippen molar-refractivity contribution in [3.8, 4) is 11.3 Å². The molecule has 2 aromatic rings. The Morgan fingerprint density at radius 3 is 2.73 bits per heavy atom. The molecule has 0 saturated carbocycles. The van der Waals surface area contributed by atoms with E-state index in [0.717, 1.165) is 15.7 Å². The van der Waals surface area contributed by atoms with E-state index in [0.29, 0.717) is 5.69 Å². The molecule has 0 spiro atoms. The van der Waals surface area contributed by atoms with E-state index in [1.807, 2.05) is 19.3 Å². The van der Waals surface area contributed by atoms with Crippen molar-refractivity contribution < 1.29 is 5.11 Å². The van der Waals surface area contributed by atoms with Gasteiger partial charge in [0.05, 0.1) is 16.8 Å². The zero-order valence-electron chi connectivity index (χ0n) is 8.18. The molecule has 0 aliphatic heterocycles. The largest absolute Gasteiger partial charge is 0.390 e. The molecule has 78 valence electrons. The van der Waals surface area contributed by atoms with E-state index in [4.69, 9.17) is 5.11 Å². The van der Waals surface area contributed by atoms with Crippen LogP contribution < -0.4 is 0 Å². The molecule has 0 radical (unpaired) electrons. The molecule has 0 atom stereocenters. The van der Waals surface area contributed by atoms with E-state index >= 15 is 0 Å². The Bertz CT molecular complexity index is 464. The number of aliphatic hydroxyl groups excluding tert-OH is 1. The predicted molar refractivity (Wildman–Crippen MR) is 60.1 cm³/mol. The van der Waals surface area contributed by atoms with Crippen LogP contribution in [0.4, 0.5) is 0 Å². The summed E-state index contributed by atoms with van der Waals surface area (Å²) in [5.41, 5.74) is 2.44. The molecule has 2 aromatic heterocycles. The third-order valence-corrected chi connectivity index (χ3v) is 2.62. The van der Waals surface area contributed by atoms with Crippen LogP contribution in [0.2, 0.25) is 0 Å². The maximum absolute atomic E-state index is 8.87. The van der Waals surface area contributed by atoms with Crippen LogP contribution in [-0.2, 0) is 13.7 Å². The molecule has 0 bridgehead atoms. The second-order valence-electron chi connectivity index (χ2n) is 3.20. The van der Waals surface area contributed by atoms with Crippen LogP contribution in [0, 0.1) is 0 Å². The fourth-order valence-corrected chi connectivity index (χ4v) is 1.92. The summed E-state index contributed by atoms with van der Waals surface area (Å²) in [7, 11) is 1.86. The maximum atomic E-state index is 8.87. The van der Waals surface area contributed by atoms with E-state index in [1.165, 1.54) is 0 Å². The van der Waals surface area contributed by atoms with Gasteiger partial charge in [0.2, 0.25) is 0 Å². The van der Waals surface area contributed by atoms with Crippen LogP contribution in [0.1, 0.15) is 5.69 Å². The van der Waals surface area contributed by atoms with Gasteiger partial charge in [-0.05, 0) is 28.1 Å². The molecule has 0 unspecified atom stereocenters. The van der Waals surface area contributed by atoms with Gasteiger partial charge in [0.15, 0.2) is 0 Å². The van der Waals surface area contributed by atoms with Crippen LogP contribution in [0.3, 0.4) is 0 Å². The van der Waals surface area contributed by atoms with Crippen LogP contribution in [0.5, 0.6) is 0 Å². The van der Waals surface area contributed by atoms with Gasteiger partial charge in [-0.15, -0.1) is 0 Å². The molecule has 0 aromatic carbocycles. The molecule has 15 heavy (non-hydrogen) atoms. The van der Waals surface area contributed by atoms with Crippen molar-refractivity contribution in [2.24, 2.45) is 7.05 Å². The number of halogens is 1. The maximum Gasteiger partial charge on any atom is 0.108 e. The van der Waals surface area contributed by atoms with E-state index < -0.39 is 0 Å². The minimum Gasteiger partial charge on any atom is -0.390 e. The molecular weight excluding hydrogens is 258 g/mol. The fourth-order valence-electron chi connectivity index (χ4n) is 1.31. The lowest BCUT2D eigenvalue weighted by Crippen LogP contribution is -1.91. The van der Waals surface area contributed by atoms with Gasteiger partial charge in [0.1, 0.15) is 5.69 Å². The van der Waals surface area contributed by atoms with Crippen molar-refractivity contribution in [1.82, 2.24) is 14.8 Å².